The highest BCUT2D eigenvalue weighted by Gasteiger charge is 1.86. The van der Waals surface area contributed by atoms with Crippen molar-refractivity contribution in [2.24, 2.45) is 0 Å². The first-order valence-electron chi connectivity index (χ1n) is 4.19. The van der Waals surface area contributed by atoms with Gasteiger partial charge in [-0.25, -0.2) is 0 Å². The molecule has 11 heavy (non-hydrogen) atoms. The molecule has 0 rings (SSSR count). The number of rotatable bonds is 5. The molecule has 0 radical (unpaired) electrons. The maximum Gasteiger partial charge on any atom is 0.0465 e. The van der Waals surface area contributed by atoms with Gasteiger partial charge >= 0.3 is 0 Å². The van der Waals surface area contributed by atoms with Crippen molar-refractivity contribution in [1.29, 1.82) is 0 Å². The fourth-order valence-electron chi connectivity index (χ4n) is 0.891. The molecule has 0 saturated heterocycles. The fraction of sp³-hybridized carbons (Fsp3) is 0.600. The minimum Gasteiger partial charge on any atom is -0.396 e. The third kappa shape index (κ3) is 7.34. The third-order valence-electron chi connectivity index (χ3n) is 1.56. The van der Waals surface area contributed by atoms with Crippen LogP contribution in [0.3, 0.4) is 0 Å². The van der Waals surface area contributed by atoms with Crippen LogP contribution in [0.15, 0.2) is 23.8 Å². The molecule has 64 valence electrons. The van der Waals surface area contributed by atoms with Crippen LogP contribution in [0.1, 0.15) is 33.1 Å². The van der Waals surface area contributed by atoms with Crippen LogP contribution < -0.4 is 0 Å². The lowest BCUT2D eigenvalue weighted by atomic mass is 10.1. The average Bonchev–Trinajstić information content (AvgIpc) is 2.01. The van der Waals surface area contributed by atoms with Crippen molar-refractivity contribution in [2.75, 3.05) is 6.61 Å². The van der Waals surface area contributed by atoms with Crippen molar-refractivity contribution in [3.8, 4) is 0 Å². The number of hydrogen-bond acceptors (Lipinski definition) is 1. The predicted molar refractivity (Wildman–Crippen MR) is 49.5 cm³/mol. The number of allylic oxidation sites excluding steroid dienone is 3. The Morgan fingerprint density at radius 2 is 2.09 bits per heavy atom. The number of aliphatic hydroxyl groups excluding tert-OH is 1. The summed E-state index contributed by atoms with van der Waals surface area (Å²) >= 11 is 0. The van der Waals surface area contributed by atoms with E-state index in [-0.39, 0.29) is 6.61 Å². The summed E-state index contributed by atoms with van der Waals surface area (Å²) < 4.78 is 0. The second-order valence-corrected chi connectivity index (χ2v) is 2.67. The molecule has 0 bridgehead atoms. The summed E-state index contributed by atoms with van der Waals surface area (Å²) in [6.45, 7) is 4.41. The highest BCUT2D eigenvalue weighted by molar-refractivity contribution is 4.99. The van der Waals surface area contributed by atoms with Crippen LogP contribution in [0.2, 0.25) is 0 Å². The maximum atomic E-state index is 8.53. The predicted octanol–water partition coefficient (Wildman–Crippen LogP) is 2.67. The van der Waals surface area contributed by atoms with Gasteiger partial charge in [0.05, 0.1) is 0 Å². The first-order chi connectivity index (χ1) is 5.31. The van der Waals surface area contributed by atoms with Crippen molar-refractivity contribution >= 4 is 0 Å². The molecule has 0 saturated carbocycles. The van der Waals surface area contributed by atoms with Crippen molar-refractivity contribution < 1.29 is 5.11 Å². The molecule has 0 unspecified atom stereocenters. The Morgan fingerprint density at radius 3 is 2.64 bits per heavy atom. The lowest BCUT2D eigenvalue weighted by Gasteiger charge is -1.96. The Kier molecular flexibility index (Phi) is 7.16. The highest BCUT2D eigenvalue weighted by Crippen LogP contribution is 2.05. The van der Waals surface area contributed by atoms with Gasteiger partial charge in [-0.1, -0.05) is 23.8 Å². The summed E-state index contributed by atoms with van der Waals surface area (Å²) in [5.41, 5.74) is 1.37. The minimum atomic E-state index is 0.265. The van der Waals surface area contributed by atoms with Crippen molar-refractivity contribution in [3.63, 3.8) is 0 Å². The molecule has 0 aliphatic rings. The van der Waals surface area contributed by atoms with Crippen LogP contribution >= 0.6 is 0 Å². The van der Waals surface area contributed by atoms with Crippen LogP contribution in [-0.4, -0.2) is 11.7 Å². The largest absolute Gasteiger partial charge is 0.396 e. The molecule has 0 aromatic rings. The quantitative estimate of drug-likeness (QED) is 0.604. The first-order valence-corrected chi connectivity index (χ1v) is 4.19. The molecular weight excluding hydrogens is 136 g/mol. The zero-order chi connectivity index (χ0) is 8.53. The lowest BCUT2D eigenvalue weighted by molar-refractivity contribution is 0.302. The second-order valence-electron chi connectivity index (χ2n) is 2.67. The summed E-state index contributed by atoms with van der Waals surface area (Å²) in [4.78, 5) is 0. The van der Waals surface area contributed by atoms with E-state index in [4.69, 9.17) is 5.11 Å². The van der Waals surface area contributed by atoms with E-state index >= 15 is 0 Å². The van der Waals surface area contributed by atoms with E-state index in [2.05, 4.69) is 25.2 Å². The monoisotopic (exact) mass is 154 g/mol. The number of aliphatic hydroxyl groups is 1. The molecule has 0 aliphatic carbocycles. The molecule has 1 nitrogen and oxygen atoms in total. The third-order valence-corrected chi connectivity index (χ3v) is 1.56. The van der Waals surface area contributed by atoms with Gasteiger partial charge in [0.1, 0.15) is 0 Å². The van der Waals surface area contributed by atoms with Crippen molar-refractivity contribution in [2.45, 2.75) is 33.1 Å². The van der Waals surface area contributed by atoms with Gasteiger partial charge in [0.25, 0.3) is 0 Å². The molecule has 0 atom stereocenters. The van der Waals surface area contributed by atoms with E-state index in [0.717, 1.165) is 19.3 Å². The van der Waals surface area contributed by atoms with E-state index in [1.807, 2.05) is 6.92 Å². The van der Waals surface area contributed by atoms with Crippen LogP contribution in [0.4, 0.5) is 0 Å². The van der Waals surface area contributed by atoms with Gasteiger partial charge in [-0.2, -0.15) is 0 Å². The molecular formula is C10H18O. The molecule has 1 heteroatoms. The van der Waals surface area contributed by atoms with Crippen LogP contribution in [0.25, 0.3) is 0 Å². The summed E-state index contributed by atoms with van der Waals surface area (Å²) in [5, 5.41) is 8.53. The average molecular weight is 154 g/mol. The highest BCUT2D eigenvalue weighted by atomic mass is 16.2. The van der Waals surface area contributed by atoms with E-state index in [1.165, 1.54) is 5.57 Å². The van der Waals surface area contributed by atoms with Gasteiger partial charge in [-0.3, -0.25) is 0 Å². The van der Waals surface area contributed by atoms with Crippen LogP contribution in [0, 0.1) is 0 Å². The zero-order valence-corrected chi connectivity index (χ0v) is 7.51. The van der Waals surface area contributed by atoms with E-state index in [0.29, 0.717) is 0 Å². The summed E-state index contributed by atoms with van der Waals surface area (Å²) in [6, 6.07) is 0. The standard InChI is InChI=1S/C10H18O/c1-3-4-5-7-10(2)8-6-9-11/h3-4,8,11H,5-7,9H2,1-2H3/b4-3+,10-8+. The zero-order valence-electron chi connectivity index (χ0n) is 7.51. The summed E-state index contributed by atoms with van der Waals surface area (Å²) in [6.07, 6.45) is 9.36. The van der Waals surface area contributed by atoms with E-state index in [9.17, 15) is 0 Å². The van der Waals surface area contributed by atoms with Crippen LogP contribution in [-0.2, 0) is 0 Å². The molecule has 0 aliphatic heterocycles. The maximum absolute atomic E-state index is 8.53. The van der Waals surface area contributed by atoms with Gasteiger partial charge in [0.2, 0.25) is 0 Å². The van der Waals surface area contributed by atoms with Gasteiger partial charge < -0.3 is 5.11 Å². The molecule has 0 heterocycles. The molecule has 0 aromatic heterocycles. The smallest absolute Gasteiger partial charge is 0.0465 e. The molecule has 0 aromatic carbocycles. The fourth-order valence-corrected chi connectivity index (χ4v) is 0.891. The van der Waals surface area contributed by atoms with E-state index in [1.54, 1.807) is 0 Å². The molecule has 1 N–H and O–H groups in total. The Balaban J connectivity index is 3.42. The minimum absolute atomic E-state index is 0.265. The Labute approximate surface area is 69.4 Å². The van der Waals surface area contributed by atoms with E-state index < -0.39 is 0 Å². The molecule has 0 fully saturated rings. The van der Waals surface area contributed by atoms with Gasteiger partial charge in [0.15, 0.2) is 0 Å². The molecule has 0 amide bonds. The topological polar surface area (TPSA) is 20.2 Å². The van der Waals surface area contributed by atoms with Crippen molar-refractivity contribution in [3.05, 3.63) is 23.8 Å². The summed E-state index contributed by atoms with van der Waals surface area (Å²) in [5.74, 6) is 0. The number of hydrogen-bond donors (Lipinski definition) is 1. The normalized spacial score (nSPS) is 12.8. The molecule has 0 spiro atoms. The van der Waals surface area contributed by atoms with Gasteiger partial charge in [0, 0.05) is 6.61 Å². The Morgan fingerprint density at radius 1 is 1.36 bits per heavy atom. The first kappa shape index (κ1) is 10.4. The van der Waals surface area contributed by atoms with Gasteiger partial charge in [-0.15, -0.1) is 0 Å². The van der Waals surface area contributed by atoms with Gasteiger partial charge in [-0.05, 0) is 33.1 Å². The Hall–Kier alpha value is -0.560. The summed E-state index contributed by atoms with van der Waals surface area (Å²) in [7, 11) is 0. The van der Waals surface area contributed by atoms with Crippen molar-refractivity contribution in [1.82, 2.24) is 0 Å². The SMILES string of the molecule is C/C=C/CC/C(C)=C/CCO. The van der Waals surface area contributed by atoms with Crippen LogP contribution in [0.5, 0.6) is 0 Å². The lowest BCUT2D eigenvalue weighted by Crippen LogP contribution is -1.80. The second kappa shape index (κ2) is 7.55. The Bertz CT molecular complexity index is 134.